The third-order valence-corrected chi connectivity index (χ3v) is 3.70. The normalized spacial score (nSPS) is 10.5. The Morgan fingerprint density at radius 1 is 1.00 bits per heavy atom. The molecule has 0 atom stereocenters. The van der Waals surface area contributed by atoms with Crippen LogP contribution in [-0.4, -0.2) is 43.5 Å². The molecule has 138 valence electrons. The lowest BCUT2D eigenvalue weighted by molar-refractivity contribution is -0.119. The molecule has 6 nitrogen and oxygen atoms in total. The predicted octanol–water partition coefficient (Wildman–Crippen LogP) is 2.73. The van der Waals surface area contributed by atoms with Crippen molar-refractivity contribution >= 4 is 23.2 Å². The summed E-state index contributed by atoms with van der Waals surface area (Å²) in [6.07, 6.45) is 0. The second-order valence-corrected chi connectivity index (χ2v) is 5.61. The molecule has 0 unspecified atom stereocenters. The number of nitrogens with zero attached hydrogens (tertiary/aromatic N) is 1. The molecule has 0 saturated heterocycles. The molecular formula is C19H22FN3O3. The van der Waals surface area contributed by atoms with Gasteiger partial charge < -0.3 is 15.4 Å². The first kappa shape index (κ1) is 19.4. The molecule has 2 aromatic carbocycles. The summed E-state index contributed by atoms with van der Waals surface area (Å²) in [7, 11) is 1.57. The Balaban J connectivity index is 1.86. The first-order valence-corrected chi connectivity index (χ1v) is 8.22. The summed E-state index contributed by atoms with van der Waals surface area (Å²) in [4.78, 5) is 25.9. The van der Waals surface area contributed by atoms with Crippen molar-refractivity contribution in [1.82, 2.24) is 4.90 Å². The molecule has 0 aromatic heterocycles. The molecule has 7 heteroatoms. The summed E-state index contributed by atoms with van der Waals surface area (Å²) >= 11 is 0. The maximum Gasteiger partial charge on any atom is 0.238 e. The van der Waals surface area contributed by atoms with E-state index in [-0.39, 0.29) is 30.6 Å². The maximum atomic E-state index is 13.6. The minimum atomic E-state index is -0.499. The number of benzene rings is 2. The van der Waals surface area contributed by atoms with Crippen molar-refractivity contribution in [2.45, 2.75) is 6.92 Å². The van der Waals surface area contributed by atoms with Gasteiger partial charge in [0.1, 0.15) is 11.6 Å². The quantitative estimate of drug-likeness (QED) is 0.760. The van der Waals surface area contributed by atoms with Gasteiger partial charge in [0.15, 0.2) is 0 Å². The van der Waals surface area contributed by atoms with Crippen LogP contribution >= 0.6 is 0 Å². The molecule has 26 heavy (non-hydrogen) atoms. The Hall–Kier alpha value is -2.93. The molecule has 0 saturated carbocycles. The monoisotopic (exact) mass is 359 g/mol. The maximum absolute atomic E-state index is 13.6. The fourth-order valence-corrected chi connectivity index (χ4v) is 2.31. The van der Waals surface area contributed by atoms with Gasteiger partial charge in [-0.3, -0.25) is 14.5 Å². The van der Waals surface area contributed by atoms with E-state index in [9.17, 15) is 14.0 Å². The van der Waals surface area contributed by atoms with Crippen LogP contribution in [0.4, 0.5) is 15.8 Å². The van der Waals surface area contributed by atoms with E-state index in [1.165, 1.54) is 12.1 Å². The summed E-state index contributed by atoms with van der Waals surface area (Å²) in [5, 5.41) is 5.27. The van der Waals surface area contributed by atoms with E-state index in [2.05, 4.69) is 10.6 Å². The number of amides is 2. The Kier molecular flexibility index (Phi) is 7.11. The van der Waals surface area contributed by atoms with Gasteiger partial charge in [0, 0.05) is 5.69 Å². The third-order valence-electron chi connectivity index (χ3n) is 3.70. The van der Waals surface area contributed by atoms with E-state index in [1.807, 2.05) is 6.92 Å². The SMILES string of the molecule is CCN(CC(=O)Nc1ccc(OC)cc1)CC(=O)Nc1ccccc1F. The van der Waals surface area contributed by atoms with Gasteiger partial charge in [-0.15, -0.1) is 0 Å². The molecular weight excluding hydrogens is 337 g/mol. The first-order valence-electron chi connectivity index (χ1n) is 8.22. The lowest BCUT2D eigenvalue weighted by atomic mass is 10.3. The average molecular weight is 359 g/mol. The summed E-state index contributed by atoms with van der Waals surface area (Å²) < 4.78 is 18.6. The second kappa shape index (κ2) is 9.53. The molecule has 0 bridgehead atoms. The lowest BCUT2D eigenvalue weighted by Gasteiger charge is -2.19. The van der Waals surface area contributed by atoms with Gasteiger partial charge in [-0.05, 0) is 42.9 Å². The van der Waals surface area contributed by atoms with Crippen LogP contribution in [0.1, 0.15) is 6.92 Å². The minimum absolute atomic E-state index is 0.0130. The summed E-state index contributed by atoms with van der Waals surface area (Å²) in [5.74, 6) is -0.422. The van der Waals surface area contributed by atoms with Gasteiger partial charge in [-0.1, -0.05) is 19.1 Å². The number of nitrogens with one attached hydrogen (secondary N) is 2. The number of rotatable bonds is 8. The number of hydrogen-bond acceptors (Lipinski definition) is 4. The lowest BCUT2D eigenvalue weighted by Crippen LogP contribution is -2.38. The van der Waals surface area contributed by atoms with Gasteiger partial charge >= 0.3 is 0 Å². The Morgan fingerprint density at radius 2 is 1.62 bits per heavy atom. The highest BCUT2D eigenvalue weighted by Gasteiger charge is 2.14. The smallest absolute Gasteiger partial charge is 0.238 e. The number of carbonyl (C=O) groups is 2. The molecule has 0 fully saturated rings. The number of hydrogen-bond donors (Lipinski definition) is 2. The number of methoxy groups -OCH3 is 1. The van der Waals surface area contributed by atoms with E-state index in [0.29, 0.717) is 18.0 Å². The fraction of sp³-hybridized carbons (Fsp3) is 0.263. The van der Waals surface area contributed by atoms with Crippen LogP contribution in [0.25, 0.3) is 0 Å². The van der Waals surface area contributed by atoms with Crippen molar-refractivity contribution in [3.05, 3.63) is 54.3 Å². The van der Waals surface area contributed by atoms with Gasteiger partial charge in [0.05, 0.1) is 25.9 Å². The number of ether oxygens (including phenoxy) is 1. The second-order valence-electron chi connectivity index (χ2n) is 5.61. The van der Waals surface area contributed by atoms with E-state index in [1.54, 1.807) is 48.4 Å². The van der Waals surface area contributed by atoms with Crippen molar-refractivity contribution in [2.24, 2.45) is 0 Å². The zero-order valence-corrected chi connectivity index (χ0v) is 14.8. The van der Waals surface area contributed by atoms with Crippen molar-refractivity contribution in [3.8, 4) is 5.75 Å². The van der Waals surface area contributed by atoms with E-state index in [4.69, 9.17) is 4.74 Å². The highest BCUT2D eigenvalue weighted by atomic mass is 19.1. The number of likely N-dealkylation sites (N-methyl/N-ethyl adjacent to an activating group) is 1. The van der Waals surface area contributed by atoms with Crippen LogP contribution in [0, 0.1) is 5.82 Å². The van der Waals surface area contributed by atoms with E-state index < -0.39 is 5.82 Å². The molecule has 0 aliphatic carbocycles. The topological polar surface area (TPSA) is 70.7 Å². The van der Waals surface area contributed by atoms with E-state index in [0.717, 1.165) is 0 Å². The van der Waals surface area contributed by atoms with Crippen LogP contribution in [0.15, 0.2) is 48.5 Å². The van der Waals surface area contributed by atoms with Crippen LogP contribution in [-0.2, 0) is 9.59 Å². The zero-order valence-electron chi connectivity index (χ0n) is 14.8. The number of para-hydroxylation sites is 1. The molecule has 0 aliphatic heterocycles. The molecule has 0 radical (unpaired) electrons. The molecule has 2 aromatic rings. The van der Waals surface area contributed by atoms with Crippen molar-refractivity contribution in [2.75, 3.05) is 37.4 Å². The standard InChI is InChI=1S/C19H22FN3O3/c1-3-23(13-19(25)22-17-7-5-4-6-16(17)20)12-18(24)21-14-8-10-15(26-2)11-9-14/h4-11H,3,12-13H2,1-2H3,(H,21,24)(H,22,25). The highest BCUT2D eigenvalue weighted by molar-refractivity contribution is 5.94. The third kappa shape index (κ3) is 5.86. The van der Waals surface area contributed by atoms with Gasteiger partial charge in [0.2, 0.25) is 11.8 Å². The zero-order chi connectivity index (χ0) is 18.9. The Morgan fingerprint density at radius 3 is 2.19 bits per heavy atom. The number of anilines is 2. The largest absolute Gasteiger partial charge is 0.497 e. The Labute approximate surface area is 152 Å². The molecule has 2 N–H and O–H groups in total. The molecule has 0 heterocycles. The van der Waals surface area contributed by atoms with Crippen molar-refractivity contribution in [3.63, 3.8) is 0 Å². The first-order chi connectivity index (χ1) is 12.5. The Bertz CT molecular complexity index is 750. The van der Waals surface area contributed by atoms with Crippen LogP contribution in [0.3, 0.4) is 0 Å². The summed E-state index contributed by atoms with van der Waals surface area (Å²) in [5.41, 5.74) is 0.763. The van der Waals surface area contributed by atoms with Gasteiger partial charge in [0.25, 0.3) is 0 Å². The molecule has 2 amide bonds. The predicted molar refractivity (Wildman–Crippen MR) is 98.8 cm³/mol. The van der Waals surface area contributed by atoms with Crippen LogP contribution in [0.5, 0.6) is 5.75 Å². The summed E-state index contributed by atoms with van der Waals surface area (Å²) in [6, 6.07) is 12.9. The molecule has 2 rings (SSSR count). The van der Waals surface area contributed by atoms with Gasteiger partial charge in [-0.25, -0.2) is 4.39 Å². The van der Waals surface area contributed by atoms with Crippen LogP contribution < -0.4 is 15.4 Å². The highest BCUT2D eigenvalue weighted by Crippen LogP contribution is 2.15. The van der Waals surface area contributed by atoms with Gasteiger partial charge in [-0.2, -0.15) is 0 Å². The molecule has 0 aliphatic rings. The number of halogens is 1. The van der Waals surface area contributed by atoms with Crippen molar-refractivity contribution < 1.29 is 18.7 Å². The molecule has 0 spiro atoms. The fourth-order valence-electron chi connectivity index (χ4n) is 2.31. The average Bonchev–Trinajstić information content (AvgIpc) is 2.63. The van der Waals surface area contributed by atoms with Crippen molar-refractivity contribution in [1.29, 1.82) is 0 Å². The number of carbonyl (C=O) groups excluding carboxylic acids is 2. The van der Waals surface area contributed by atoms with Crippen LogP contribution in [0.2, 0.25) is 0 Å². The summed E-state index contributed by atoms with van der Waals surface area (Å²) in [6.45, 7) is 2.38. The minimum Gasteiger partial charge on any atom is -0.497 e. The van der Waals surface area contributed by atoms with E-state index >= 15 is 0 Å².